The first-order chi connectivity index (χ1) is 8.63. The number of amides is 2. The third-order valence-electron chi connectivity index (χ3n) is 2.56. The summed E-state index contributed by atoms with van der Waals surface area (Å²) in [6, 6.07) is 6.51. The first-order valence-corrected chi connectivity index (χ1v) is 6.03. The van der Waals surface area contributed by atoms with E-state index in [4.69, 9.17) is 11.5 Å². The molecule has 0 aliphatic heterocycles. The van der Waals surface area contributed by atoms with Crippen LogP contribution in [0.25, 0.3) is 0 Å². The van der Waals surface area contributed by atoms with E-state index in [2.05, 4.69) is 5.32 Å². The maximum atomic E-state index is 11.6. The van der Waals surface area contributed by atoms with Crippen molar-refractivity contribution >= 4 is 17.5 Å². The van der Waals surface area contributed by atoms with Crippen molar-refractivity contribution < 1.29 is 9.59 Å². The van der Waals surface area contributed by atoms with Crippen molar-refractivity contribution in [1.82, 2.24) is 0 Å². The van der Waals surface area contributed by atoms with Crippen molar-refractivity contribution in [1.29, 1.82) is 0 Å². The third-order valence-corrected chi connectivity index (χ3v) is 2.56. The van der Waals surface area contributed by atoms with E-state index in [9.17, 15) is 9.59 Å². The molecule has 18 heavy (non-hydrogen) atoms. The molecule has 0 aliphatic rings. The zero-order chi connectivity index (χ0) is 13.4. The number of carbonyl (C=O) groups excluding carboxylic acids is 2. The summed E-state index contributed by atoms with van der Waals surface area (Å²) >= 11 is 0. The van der Waals surface area contributed by atoms with E-state index in [1.165, 1.54) is 0 Å². The van der Waals surface area contributed by atoms with Gasteiger partial charge in [0.05, 0.1) is 0 Å². The van der Waals surface area contributed by atoms with Crippen LogP contribution in [-0.2, 0) is 4.79 Å². The molecule has 1 aromatic rings. The van der Waals surface area contributed by atoms with E-state index in [0.717, 1.165) is 19.3 Å². The Balaban J connectivity index is 2.37. The van der Waals surface area contributed by atoms with Crippen LogP contribution in [0, 0.1) is 0 Å². The molecule has 1 rings (SSSR count). The largest absolute Gasteiger partial charge is 0.366 e. The average molecular weight is 249 g/mol. The van der Waals surface area contributed by atoms with E-state index in [1.54, 1.807) is 24.3 Å². The molecule has 98 valence electrons. The lowest BCUT2D eigenvalue weighted by Crippen LogP contribution is -2.13. The quantitative estimate of drug-likeness (QED) is 0.634. The molecule has 5 N–H and O–H groups in total. The zero-order valence-electron chi connectivity index (χ0n) is 10.3. The van der Waals surface area contributed by atoms with Crippen LogP contribution in [-0.4, -0.2) is 18.4 Å². The molecule has 1 aromatic carbocycles. The van der Waals surface area contributed by atoms with Gasteiger partial charge in [0.2, 0.25) is 11.8 Å². The van der Waals surface area contributed by atoms with Crippen molar-refractivity contribution in [2.75, 3.05) is 11.9 Å². The molecule has 0 spiro atoms. The summed E-state index contributed by atoms with van der Waals surface area (Å²) in [7, 11) is 0. The van der Waals surface area contributed by atoms with E-state index < -0.39 is 5.91 Å². The van der Waals surface area contributed by atoms with Crippen LogP contribution >= 0.6 is 0 Å². The van der Waals surface area contributed by atoms with Crippen molar-refractivity contribution in [3.05, 3.63) is 29.8 Å². The van der Waals surface area contributed by atoms with E-state index in [1.807, 2.05) is 0 Å². The summed E-state index contributed by atoms with van der Waals surface area (Å²) in [4.78, 5) is 22.4. The van der Waals surface area contributed by atoms with Crippen LogP contribution in [0.4, 0.5) is 5.69 Å². The molecule has 0 atom stereocenters. The molecular formula is C13H19N3O2. The van der Waals surface area contributed by atoms with Gasteiger partial charge < -0.3 is 16.8 Å². The molecule has 0 aromatic heterocycles. The Bertz CT molecular complexity index is 401. The van der Waals surface area contributed by atoms with Gasteiger partial charge in [-0.05, 0) is 43.7 Å². The Morgan fingerprint density at radius 2 is 1.72 bits per heavy atom. The predicted octanol–water partition coefficient (Wildman–Crippen LogP) is 1.24. The van der Waals surface area contributed by atoms with Crippen molar-refractivity contribution in [2.45, 2.75) is 25.7 Å². The highest BCUT2D eigenvalue weighted by molar-refractivity contribution is 5.94. The average Bonchev–Trinajstić information content (AvgIpc) is 2.35. The van der Waals surface area contributed by atoms with Crippen molar-refractivity contribution in [3.8, 4) is 0 Å². The molecule has 0 radical (unpaired) electrons. The number of rotatable bonds is 7. The van der Waals surface area contributed by atoms with E-state index in [-0.39, 0.29) is 5.91 Å². The minimum absolute atomic E-state index is 0.0288. The van der Waals surface area contributed by atoms with Gasteiger partial charge in [-0.1, -0.05) is 6.42 Å². The summed E-state index contributed by atoms with van der Waals surface area (Å²) in [6.07, 6.45) is 3.23. The summed E-state index contributed by atoms with van der Waals surface area (Å²) in [6.45, 7) is 0.663. The Morgan fingerprint density at radius 3 is 2.28 bits per heavy atom. The SMILES string of the molecule is NCCCCCC(=O)Nc1ccc(C(N)=O)cc1. The van der Waals surface area contributed by atoms with Gasteiger partial charge in [0, 0.05) is 17.7 Å². The molecule has 5 nitrogen and oxygen atoms in total. The molecule has 5 heteroatoms. The second-order valence-electron chi connectivity index (χ2n) is 4.09. The predicted molar refractivity (Wildman–Crippen MR) is 71.1 cm³/mol. The van der Waals surface area contributed by atoms with Gasteiger partial charge in [-0.2, -0.15) is 0 Å². The number of nitrogens with one attached hydrogen (secondary N) is 1. The molecule has 0 saturated carbocycles. The lowest BCUT2D eigenvalue weighted by atomic mass is 10.1. The van der Waals surface area contributed by atoms with Crippen molar-refractivity contribution in [2.24, 2.45) is 11.5 Å². The lowest BCUT2D eigenvalue weighted by molar-refractivity contribution is -0.116. The molecule has 0 saturated heterocycles. The minimum Gasteiger partial charge on any atom is -0.366 e. The number of carbonyl (C=O) groups is 2. The highest BCUT2D eigenvalue weighted by atomic mass is 16.1. The van der Waals surface area contributed by atoms with Gasteiger partial charge in [0.15, 0.2) is 0 Å². The number of nitrogens with two attached hydrogens (primary N) is 2. The second kappa shape index (κ2) is 7.45. The maximum absolute atomic E-state index is 11.6. The second-order valence-corrected chi connectivity index (χ2v) is 4.09. The molecule has 0 fully saturated rings. The smallest absolute Gasteiger partial charge is 0.248 e. The molecule has 0 aliphatic carbocycles. The van der Waals surface area contributed by atoms with Crippen LogP contribution in [0.1, 0.15) is 36.0 Å². The molecule has 0 unspecified atom stereocenters. The molecule has 0 heterocycles. The zero-order valence-corrected chi connectivity index (χ0v) is 10.3. The Morgan fingerprint density at radius 1 is 1.06 bits per heavy atom. The maximum Gasteiger partial charge on any atom is 0.248 e. The summed E-state index contributed by atoms with van der Waals surface area (Å²) in [5.41, 5.74) is 11.6. The third kappa shape index (κ3) is 4.97. The number of unbranched alkanes of at least 4 members (excludes halogenated alkanes) is 2. The molecular weight excluding hydrogens is 230 g/mol. The van der Waals surface area contributed by atoms with Gasteiger partial charge in [-0.15, -0.1) is 0 Å². The highest BCUT2D eigenvalue weighted by Gasteiger charge is 2.03. The van der Waals surface area contributed by atoms with Crippen LogP contribution in [0.5, 0.6) is 0 Å². The van der Waals surface area contributed by atoms with Crippen LogP contribution in [0.15, 0.2) is 24.3 Å². The highest BCUT2D eigenvalue weighted by Crippen LogP contribution is 2.10. The number of primary amides is 1. The Hall–Kier alpha value is -1.88. The van der Waals surface area contributed by atoms with Gasteiger partial charge in [0.1, 0.15) is 0 Å². The first-order valence-electron chi connectivity index (χ1n) is 6.03. The Kier molecular flexibility index (Phi) is 5.87. The summed E-state index contributed by atoms with van der Waals surface area (Å²) < 4.78 is 0. The number of benzene rings is 1. The van der Waals surface area contributed by atoms with Crippen LogP contribution in [0.2, 0.25) is 0 Å². The minimum atomic E-state index is -0.477. The number of hydrogen-bond donors (Lipinski definition) is 3. The lowest BCUT2D eigenvalue weighted by Gasteiger charge is -2.05. The fraction of sp³-hybridized carbons (Fsp3) is 0.385. The van der Waals surface area contributed by atoms with Crippen LogP contribution < -0.4 is 16.8 Å². The van der Waals surface area contributed by atoms with Gasteiger partial charge in [-0.3, -0.25) is 9.59 Å². The summed E-state index contributed by atoms with van der Waals surface area (Å²) in [5.74, 6) is -0.506. The van der Waals surface area contributed by atoms with Gasteiger partial charge in [0.25, 0.3) is 0 Å². The normalized spacial score (nSPS) is 10.1. The monoisotopic (exact) mass is 249 g/mol. The number of hydrogen-bond acceptors (Lipinski definition) is 3. The molecule has 0 bridgehead atoms. The number of anilines is 1. The summed E-state index contributed by atoms with van der Waals surface area (Å²) in [5, 5.41) is 2.76. The van der Waals surface area contributed by atoms with Crippen LogP contribution in [0.3, 0.4) is 0 Å². The first kappa shape index (κ1) is 14.2. The van der Waals surface area contributed by atoms with E-state index >= 15 is 0 Å². The topological polar surface area (TPSA) is 98.2 Å². The standard InChI is InChI=1S/C13H19N3O2/c14-9-3-1-2-4-12(17)16-11-7-5-10(6-8-11)13(15)18/h5-8H,1-4,9,14H2,(H2,15,18)(H,16,17). The van der Waals surface area contributed by atoms with Gasteiger partial charge in [-0.25, -0.2) is 0 Å². The fourth-order valence-electron chi connectivity index (χ4n) is 1.55. The van der Waals surface area contributed by atoms with E-state index in [0.29, 0.717) is 24.2 Å². The van der Waals surface area contributed by atoms with Gasteiger partial charge >= 0.3 is 0 Å². The Labute approximate surface area is 107 Å². The molecule has 2 amide bonds. The fourth-order valence-corrected chi connectivity index (χ4v) is 1.55. The van der Waals surface area contributed by atoms with Crippen molar-refractivity contribution in [3.63, 3.8) is 0 Å².